The lowest BCUT2D eigenvalue weighted by atomic mass is 10.0. The van der Waals surface area contributed by atoms with Gasteiger partial charge in [-0.3, -0.25) is 4.79 Å². The summed E-state index contributed by atoms with van der Waals surface area (Å²) in [5, 5.41) is 11.9. The van der Waals surface area contributed by atoms with Crippen LogP contribution in [0.15, 0.2) is 53.7 Å². The van der Waals surface area contributed by atoms with Crippen molar-refractivity contribution in [3.8, 4) is 0 Å². The van der Waals surface area contributed by atoms with Gasteiger partial charge in [0.2, 0.25) is 0 Å². The van der Waals surface area contributed by atoms with Crippen LogP contribution < -0.4 is 0 Å². The van der Waals surface area contributed by atoms with E-state index in [0.717, 1.165) is 23.1 Å². The summed E-state index contributed by atoms with van der Waals surface area (Å²) in [7, 11) is 0. The Morgan fingerprint density at radius 2 is 1.35 bits per heavy atom. The second kappa shape index (κ2) is 6.15. The molecule has 0 unspecified atom stereocenters. The van der Waals surface area contributed by atoms with Gasteiger partial charge in [0.05, 0.1) is 5.71 Å². The number of hydrogen-bond acceptors (Lipinski definition) is 3. The van der Waals surface area contributed by atoms with Crippen molar-refractivity contribution in [2.45, 2.75) is 20.3 Å². The summed E-state index contributed by atoms with van der Waals surface area (Å²) in [5.74, 6) is 0.0830. The molecule has 2 rings (SSSR count). The van der Waals surface area contributed by atoms with Crippen molar-refractivity contribution in [1.29, 1.82) is 0 Å². The molecular weight excluding hydrogens is 250 g/mol. The molecule has 0 saturated carbocycles. The number of benzene rings is 2. The number of hydrogen-bond donors (Lipinski definition) is 1. The first kappa shape index (κ1) is 14.0. The zero-order valence-corrected chi connectivity index (χ0v) is 11.6. The van der Waals surface area contributed by atoms with E-state index in [1.165, 1.54) is 5.56 Å². The molecule has 3 heteroatoms. The van der Waals surface area contributed by atoms with Crippen molar-refractivity contribution >= 4 is 11.5 Å². The van der Waals surface area contributed by atoms with Gasteiger partial charge in [-0.1, -0.05) is 53.7 Å². The number of nitrogens with zero attached hydrogens (tertiary/aromatic N) is 1. The van der Waals surface area contributed by atoms with Gasteiger partial charge in [-0.05, 0) is 37.0 Å². The van der Waals surface area contributed by atoms with Crippen molar-refractivity contribution in [3.05, 3.63) is 70.8 Å². The molecule has 102 valence electrons. The highest BCUT2D eigenvalue weighted by Gasteiger charge is 2.02. The predicted octanol–water partition coefficient (Wildman–Crippen LogP) is 3.68. The Balaban J connectivity index is 2.12. The van der Waals surface area contributed by atoms with Gasteiger partial charge in [0.15, 0.2) is 5.78 Å². The average molecular weight is 267 g/mol. The minimum absolute atomic E-state index is 0.0830. The normalized spacial score (nSPS) is 11.4. The quantitative estimate of drug-likeness (QED) is 0.397. The van der Waals surface area contributed by atoms with Crippen LogP contribution in [0.25, 0.3) is 0 Å². The number of Topliss-reactive ketones (excluding diaryl/α,β-unsaturated/α-hetero) is 1. The van der Waals surface area contributed by atoms with E-state index in [2.05, 4.69) is 5.16 Å². The predicted molar refractivity (Wildman–Crippen MR) is 79.7 cm³/mol. The van der Waals surface area contributed by atoms with Crippen molar-refractivity contribution in [2.24, 2.45) is 5.16 Å². The molecule has 0 aliphatic carbocycles. The van der Waals surface area contributed by atoms with Crippen LogP contribution in [0.1, 0.15) is 40.9 Å². The Hall–Kier alpha value is -2.42. The van der Waals surface area contributed by atoms with Gasteiger partial charge in [0, 0.05) is 5.56 Å². The van der Waals surface area contributed by atoms with Crippen LogP contribution in [-0.2, 0) is 6.42 Å². The standard InChI is InChI=1S/C17H17NO2/c1-12(18-20)16-7-3-14(4-8-16)11-15-5-9-17(10-6-15)13(2)19/h3-10,20H,11H2,1-2H3. The van der Waals surface area contributed by atoms with Crippen LogP contribution >= 0.6 is 0 Å². The van der Waals surface area contributed by atoms with E-state index in [1.54, 1.807) is 13.8 Å². The molecule has 0 saturated heterocycles. The highest BCUT2D eigenvalue weighted by atomic mass is 16.4. The van der Waals surface area contributed by atoms with Crippen molar-refractivity contribution in [1.82, 2.24) is 0 Å². The lowest BCUT2D eigenvalue weighted by Gasteiger charge is -2.05. The zero-order chi connectivity index (χ0) is 14.5. The minimum Gasteiger partial charge on any atom is -0.411 e. The van der Waals surface area contributed by atoms with Gasteiger partial charge in [-0.2, -0.15) is 0 Å². The average Bonchev–Trinajstić information content (AvgIpc) is 2.48. The third-order valence-corrected chi connectivity index (χ3v) is 3.29. The molecule has 0 radical (unpaired) electrons. The van der Waals surface area contributed by atoms with E-state index >= 15 is 0 Å². The zero-order valence-electron chi connectivity index (χ0n) is 11.6. The van der Waals surface area contributed by atoms with Crippen LogP contribution in [-0.4, -0.2) is 16.7 Å². The van der Waals surface area contributed by atoms with Crippen LogP contribution in [0.4, 0.5) is 0 Å². The summed E-state index contributed by atoms with van der Waals surface area (Å²) in [5.41, 5.74) is 4.58. The maximum absolute atomic E-state index is 11.2. The second-order valence-electron chi connectivity index (χ2n) is 4.81. The highest BCUT2D eigenvalue weighted by Crippen LogP contribution is 2.13. The molecule has 3 nitrogen and oxygen atoms in total. The Morgan fingerprint density at radius 3 is 1.75 bits per heavy atom. The summed E-state index contributed by atoms with van der Waals surface area (Å²) in [6.45, 7) is 3.33. The Bertz CT molecular complexity index is 625. The summed E-state index contributed by atoms with van der Waals surface area (Å²) in [6, 6.07) is 15.6. The number of rotatable bonds is 4. The van der Waals surface area contributed by atoms with Crippen molar-refractivity contribution < 1.29 is 10.0 Å². The molecule has 0 aliphatic heterocycles. The van der Waals surface area contributed by atoms with Gasteiger partial charge in [-0.15, -0.1) is 0 Å². The van der Waals surface area contributed by atoms with E-state index in [4.69, 9.17) is 5.21 Å². The Labute approximate surface area is 118 Å². The van der Waals surface area contributed by atoms with Crippen molar-refractivity contribution in [2.75, 3.05) is 0 Å². The molecule has 0 aromatic heterocycles. The van der Waals surface area contributed by atoms with E-state index < -0.39 is 0 Å². The molecule has 0 heterocycles. The first-order valence-electron chi connectivity index (χ1n) is 6.48. The van der Waals surface area contributed by atoms with Crippen LogP contribution in [0.5, 0.6) is 0 Å². The molecule has 2 aromatic rings. The summed E-state index contributed by atoms with van der Waals surface area (Å²) < 4.78 is 0. The molecule has 1 N–H and O–H groups in total. The maximum Gasteiger partial charge on any atom is 0.159 e. The van der Waals surface area contributed by atoms with E-state index in [-0.39, 0.29) is 5.78 Å². The fourth-order valence-electron chi connectivity index (χ4n) is 2.01. The molecule has 0 fully saturated rings. The van der Waals surface area contributed by atoms with Gasteiger partial charge >= 0.3 is 0 Å². The Morgan fingerprint density at radius 1 is 0.900 bits per heavy atom. The molecule has 20 heavy (non-hydrogen) atoms. The number of carbonyl (C=O) groups is 1. The van der Waals surface area contributed by atoms with E-state index in [0.29, 0.717) is 5.71 Å². The molecule has 0 atom stereocenters. The third-order valence-electron chi connectivity index (χ3n) is 3.29. The highest BCUT2D eigenvalue weighted by molar-refractivity contribution is 5.98. The summed E-state index contributed by atoms with van der Waals surface area (Å²) >= 11 is 0. The molecule has 2 aromatic carbocycles. The lowest BCUT2D eigenvalue weighted by molar-refractivity contribution is 0.101. The van der Waals surface area contributed by atoms with Crippen LogP contribution in [0, 0.1) is 0 Å². The molecule has 0 spiro atoms. The number of carbonyl (C=O) groups excluding carboxylic acids is 1. The largest absolute Gasteiger partial charge is 0.411 e. The SMILES string of the molecule is CC(=O)c1ccc(Cc2ccc(C(C)=NO)cc2)cc1. The summed E-state index contributed by atoms with van der Waals surface area (Å²) in [4.78, 5) is 11.2. The smallest absolute Gasteiger partial charge is 0.159 e. The summed E-state index contributed by atoms with van der Waals surface area (Å²) in [6.07, 6.45) is 0.813. The van der Waals surface area contributed by atoms with Gasteiger partial charge in [-0.25, -0.2) is 0 Å². The van der Waals surface area contributed by atoms with Gasteiger partial charge < -0.3 is 5.21 Å². The molecule has 0 bridgehead atoms. The minimum atomic E-state index is 0.0830. The first-order valence-corrected chi connectivity index (χ1v) is 6.48. The maximum atomic E-state index is 11.2. The first-order chi connectivity index (χ1) is 9.60. The van der Waals surface area contributed by atoms with Gasteiger partial charge in [0.1, 0.15) is 0 Å². The number of oxime groups is 1. The monoisotopic (exact) mass is 267 g/mol. The molecular formula is C17H17NO2. The van der Waals surface area contributed by atoms with Crippen LogP contribution in [0.2, 0.25) is 0 Å². The Kier molecular flexibility index (Phi) is 4.31. The fraction of sp³-hybridized carbons (Fsp3) is 0.176. The molecule has 0 aliphatic rings. The third kappa shape index (κ3) is 3.32. The van der Waals surface area contributed by atoms with Gasteiger partial charge in [0.25, 0.3) is 0 Å². The molecule has 0 amide bonds. The van der Waals surface area contributed by atoms with E-state index in [9.17, 15) is 4.79 Å². The number of ketones is 1. The lowest BCUT2D eigenvalue weighted by Crippen LogP contribution is -1.96. The second-order valence-corrected chi connectivity index (χ2v) is 4.81. The van der Waals surface area contributed by atoms with E-state index in [1.807, 2.05) is 48.5 Å². The topological polar surface area (TPSA) is 49.7 Å². The van der Waals surface area contributed by atoms with Crippen LogP contribution in [0.3, 0.4) is 0 Å². The fourth-order valence-corrected chi connectivity index (χ4v) is 2.01. The van der Waals surface area contributed by atoms with Crippen molar-refractivity contribution in [3.63, 3.8) is 0 Å².